The van der Waals surface area contributed by atoms with Gasteiger partial charge < -0.3 is 10.2 Å². The van der Waals surface area contributed by atoms with Gasteiger partial charge in [0.2, 0.25) is 0 Å². The summed E-state index contributed by atoms with van der Waals surface area (Å²) in [5.41, 5.74) is 1.40. The summed E-state index contributed by atoms with van der Waals surface area (Å²) < 4.78 is 13.7. The zero-order valence-corrected chi connectivity index (χ0v) is 11.4. The fraction of sp³-hybridized carbons (Fsp3) is 0.333. The Labute approximate surface area is 117 Å². The van der Waals surface area contributed by atoms with Crippen LogP contribution in [0.25, 0.3) is 0 Å². The summed E-state index contributed by atoms with van der Waals surface area (Å²) in [6.07, 6.45) is 2.50. The standard InChI is InChI=1S/C15H17FN4/c1-20(14-5-3-2-4-13(14)16)15-9-8-12(18-19-15)10-17-11-6-7-11/h2-5,8-9,11,17H,6-7,10H2,1H3. The fourth-order valence-electron chi connectivity index (χ4n) is 2.01. The summed E-state index contributed by atoms with van der Waals surface area (Å²) in [6.45, 7) is 0.737. The lowest BCUT2D eigenvalue weighted by molar-refractivity contribution is 0.626. The molecule has 0 unspecified atom stereocenters. The molecule has 0 bridgehead atoms. The largest absolute Gasteiger partial charge is 0.326 e. The van der Waals surface area contributed by atoms with Gasteiger partial charge in [0.05, 0.1) is 11.4 Å². The Bertz CT molecular complexity index is 581. The van der Waals surface area contributed by atoms with Crippen LogP contribution in [-0.4, -0.2) is 23.3 Å². The van der Waals surface area contributed by atoms with Crippen LogP contribution in [0.5, 0.6) is 0 Å². The average Bonchev–Trinajstić information content (AvgIpc) is 3.30. The van der Waals surface area contributed by atoms with Crippen molar-refractivity contribution in [2.24, 2.45) is 0 Å². The molecule has 1 fully saturated rings. The first-order chi connectivity index (χ1) is 9.74. The van der Waals surface area contributed by atoms with E-state index in [2.05, 4.69) is 15.5 Å². The summed E-state index contributed by atoms with van der Waals surface area (Å²) in [4.78, 5) is 1.69. The number of hydrogen-bond donors (Lipinski definition) is 1. The van der Waals surface area contributed by atoms with E-state index in [0.717, 1.165) is 12.2 Å². The van der Waals surface area contributed by atoms with Crippen LogP contribution in [0, 0.1) is 5.82 Å². The Hall–Kier alpha value is -2.01. The molecule has 1 aromatic carbocycles. The number of anilines is 2. The second-order valence-electron chi connectivity index (χ2n) is 5.05. The molecule has 0 saturated heterocycles. The first kappa shape index (κ1) is 13.0. The van der Waals surface area contributed by atoms with Gasteiger partial charge in [-0.2, -0.15) is 5.10 Å². The number of halogens is 1. The van der Waals surface area contributed by atoms with Gasteiger partial charge in [0, 0.05) is 19.6 Å². The van der Waals surface area contributed by atoms with Crippen LogP contribution in [0.3, 0.4) is 0 Å². The van der Waals surface area contributed by atoms with Crippen LogP contribution >= 0.6 is 0 Å². The van der Waals surface area contributed by atoms with Crippen LogP contribution in [0.4, 0.5) is 15.9 Å². The van der Waals surface area contributed by atoms with E-state index < -0.39 is 0 Å². The lowest BCUT2D eigenvalue weighted by atomic mass is 10.3. The molecule has 0 radical (unpaired) electrons. The van der Waals surface area contributed by atoms with Gasteiger partial charge >= 0.3 is 0 Å². The summed E-state index contributed by atoms with van der Waals surface area (Å²) >= 11 is 0. The van der Waals surface area contributed by atoms with Crippen LogP contribution < -0.4 is 10.2 Å². The highest BCUT2D eigenvalue weighted by molar-refractivity contribution is 5.59. The van der Waals surface area contributed by atoms with Crippen molar-refractivity contribution in [3.8, 4) is 0 Å². The van der Waals surface area contributed by atoms with E-state index in [-0.39, 0.29) is 5.82 Å². The summed E-state index contributed by atoms with van der Waals surface area (Å²) in [5.74, 6) is 0.363. The van der Waals surface area contributed by atoms with Gasteiger partial charge in [0.25, 0.3) is 0 Å². The maximum Gasteiger partial charge on any atom is 0.155 e. The SMILES string of the molecule is CN(c1ccc(CNC2CC2)nn1)c1ccccc1F. The minimum absolute atomic E-state index is 0.267. The maximum absolute atomic E-state index is 13.7. The van der Waals surface area contributed by atoms with Crippen molar-refractivity contribution in [3.63, 3.8) is 0 Å². The van der Waals surface area contributed by atoms with Crippen molar-refractivity contribution in [3.05, 3.63) is 47.9 Å². The Kier molecular flexibility index (Phi) is 3.60. The third kappa shape index (κ3) is 2.93. The van der Waals surface area contributed by atoms with Gasteiger partial charge in [0.15, 0.2) is 5.82 Å². The molecule has 104 valence electrons. The minimum atomic E-state index is -0.267. The quantitative estimate of drug-likeness (QED) is 0.908. The topological polar surface area (TPSA) is 41.0 Å². The molecule has 5 heteroatoms. The number of aromatic nitrogens is 2. The predicted octanol–water partition coefficient (Wildman–Crippen LogP) is 2.64. The number of para-hydroxylation sites is 1. The molecule has 0 amide bonds. The molecule has 1 aliphatic rings. The van der Waals surface area contributed by atoms with Gasteiger partial charge in [-0.3, -0.25) is 0 Å². The molecule has 1 aliphatic carbocycles. The van der Waals surface area contributed by atoms with Crippen LogP contribution in [0.1, 0.15) is 18.5 Å². The first-order valence-corrected chi connectivity index (χ1v) is 6.78. The third-order valence-corrected chi connectivity index (χ3v) is 3.41. The normalized spacial score (nSPS) is 14.3. The lowest BCUT2D eigenvalue weighted by Crippen LogP contribution is -2.18. The van der Waals surface area contributed by atoms with Crippen LogP contribution in [0.15, 0.2) is 36.4 Å². The molecule has 20 heavy (non-hydrogen) atoms. The number of benzene rings is 1. The van der Waals surface area contributed by atoms with E-state index in [9.17, 15) is 4.39 Å². The zero-order valence-electron chi connectivity index (χ0n) is 11.4. The Morgan fingerprint density at radius 2 is 2.00 bits per heavy atom. The first-order valence-electron chi connectivity index (χ1n) is 6.78. The van der Waals surface area contributed by atoms with Crippen molar-refractivity contribution in [2.75, 3.05) is 11.9 Å². The molecule has 1 saturated carbocycles. The van der Waals surface area contributed by atoms with Crippen molar-refractivity contribution in [2.45, 2.75) is 25.4 Å². The molecule has 1 N–H and O–H groups in total. The van der Waals surface area contributed by atoms with Crippen molar-refractivity contribution >= 4 is 11.5 Å². The van der Waals surface area contributed by atoms with E-state index in [1.807, 2.05) is 12.1 Å². The molecular formula is C15H17FN4. The van der Waals surface area contributed by atoms with Crippen LogP contribution in [-0.2, 0) is 6.54 Å². The summed E-state index contributed by atoms with van der Waals surface area (Å²) in [7, 11) is 1.78. The van der Waals surface area contributed by atoms with Gasteiger partial charge in [-0.05, 0) is 37.1 Å². The second-order valence-corrected chi connectivity index (χ2v) is 5.05. The fourth-order valence-corrected chi connectivity index (χ4v) is 2.01. The predicted molar refractivity (Wildman–Crippen MR) is 76.4 cm³/mol. The average molecular weight is 272 g/mol. The Balaban J connectivity index is 1.71. The molecule has 4 nitrogen and oxygen atoms in total. The van der Waals surface area contributed by atoms with Crippen molar-refractivity contribution in [1.29, 1.82) is 0 Å². The molecule has 0 atom stereocenters. The number of rotatable bonds is 5. The van der Waals surface area contributed by atoms with E-state index >= 15 is 0 Å². The summed E-state index contributed by atoms with van der Waals surface area (Å²) in [5, 5.41) is 11.7. The van der Waals surface area contributed by atoms with Crippen molar-refractivity contribution in [1.82, 2.24) is 15.5 Å². The van der Waals surface area contributed by atoms with Crippen molar-refractivity contribution < 1.29 is 4.39 Å². The molecular weight excluding hydrogens is 255 g/mol. The van der Waals surface area contributed by atoms with E-state index in [0.29, 0.717) is 17.5 Å². The smallest absolute Gasteiger partial charge is 0.155 e. The van der Waals surface area contributed by atoms with E-state index in [1.54, 1.807) is 30.1 Å². The lowest BCUT2D eigenvalue weighted by Gasteiger charge is -2.18. The zero-order chi connectivity index (χ0) is 13.9. The molecule has 0 aliphatic heterocycles. The van der Waals surface area contributed by atoms with Gasteiger partial charge in [-0.1, -0.05) is 12.1 Å². The number of hydrogen-bond acceptors (Lipinski definition) is 4. The van der Waals surface area contributed by atoms with Gasteiger partial charge in [-0.25, -0.2) is 4.39 Å². The molecule has 1 heterocycles. The third-order valence-electron chi connectivity index (χ3n) is 3.41. The monoisotopic (exact) mass is 272 g/mol. The number of nitrogens with zero attached hydrogens (tertiary/aromatic N) is 3. The molecule has 2 aromatic rings. The number of nitrogens with one attached hydrogen (secondary N) is 1. The van der Waals surface area contributed by atoms with E-state index in [1.165, 1.54) is 18.9 Å². The molecule has 3 rings (SSSR count). The maximum atomic E-state index is 13.7. The minimum Gasteiger partial charge on any atom is -0.326 e. The van der Waals surface area contributed by atoms with Gasteiger partial charge in [0.1, 0.15) is 5.82 Å². The highest BCUT2D eigenvalue weighted by atomic mass is 19.1. The highest BCUT2D eigenvalue weighted by Crippen LogP contribution is 2.24. The molecule has 1 aromatic heterocycles. The Morgan fingerprint density at radius 1 is 1.20 bits per heavy atom. The molecule has 0 spiro atoms. The second kappa shape index (κ2) is 5.54. The van der Waals surface area contributed by atoms with Crippen LogP contribution in [0.2, 0.25) is 0 Å². The van der Waals surface area contributed by atoms with E-state index in [4.69, 9.17) is 0 Å². The Morgan fingerprint density at radius 3 is 2.65 bits per heavy atom. The highest BCUT2D eigenvalue weighted by Gasteiger charge is 2.20. The summed E-state index contributed by atoms with van der Waals surface area (Å²) in [6, 6.07) is 11.1. The van der Waals surface area contributed by atoms with Gasteiger partial charge in [-0.15, -0.1) is 5.10 Å².